The Kier molecular flexibility index (Phi) is 6.52. The lowest BCUT2D eigenvalue weighted by Gasteiger charge is -2.13. The van der Waals surface area contributed by atoms with E-state index in [1.807, 2.05) is 13.8 Å². The van der Waals surface area contributed by atoms with Gasteiger partial charge in [-0.25, -0.2) is 0 Å². The molecule has 1 unspecified atom stereocenters. The molecular weight excluding hydrogens is 268 g/mol. The van der Waals surface area contributed by atoms with Crippen molar-refractivity contribution in [3.63, 3.8) is 0 Å². The van der Waals surface area contributed by atoms with Crippen LogP contribution in [0.25, 0.3) is 0 Å². The molecule has 0 aliphatic carbocycles. The largest absolute Gasteiger partial charge is 0.397 e. The third kappa shape index (κ3) is 5.33. The third-order valence-electron chi connectivity index (χ3n) is 3.23. The van der Waals surface area contributed by atoms with Crippen molar-refractivity contribution in [1.29, 1.82) is 0 Å². The van der Waals surface area contributed by atoms with E-state index < -0.39 is 0 Å². The summed E-state index contributed by atoms with van der Waals surface area (Å²) >= 11 is 0. The maximum Gasteiger partial charge on any atom is 0.251 e. The summed E-state index contributed by atoms with van der Waals surface area (Å²) in [6, 6.07) is 5.23. The van der Waals surface area contributed by atoms with E-state index in [1.165, 1.54) is 0 Å². The number of nitrogen functional groups attached to an aromatic ring is 1. The summed E-state index contributed by atoms with van der Waals surface area (Å²) in [4.78, 5) is 23.1. The second kappa shape index (κ2) is 8.14. The molecule has 0 aromatic heterocycles. The topological polar surface area (TPSA) is 96.2 Å². The number of rotatable bonds is 7. The normalized spacial score (nSPS) is 11.6. The minimum Gasteiger partial charge on any atom is -0.397 e. The molecule has 0 saturated heterocycles. The summed E-state index contributed by atoms with van der Waals surface area (Å²) in [6.07, 6.45) is 1.29. The molecule has 2 amide bonds. The second-order valence-corrected chi connectivity index (χ2v) is 4.93. The first-order valence-corrected chi connectivity index (χ1v) is 7.12. The molecule has 6 heteroatoms. The van der Waals surface area contributed by atoms with Gasteiger partial charge in [0.1, 0.15) is 0 Å². The van der Waals surface area contributed by atoms with E-state index in [0.717, 1.165) is 12.1 Å². The van der Waals surface area contributed by atoms with Gasteiger partial charge >= 0.3 is 0 Å². The molecule has 1 aromatic rings. The van der Waals surface area contributed by atoms with Crippen molar-refractivity contribution < 1.29 is 9.59 Å². The van der Waals surface area contributed by atoms with E-state index in [1.54, 1.807) is 25.2 Å². The Morgan fingerprint density at radius 2 is 2.05 bits per heavy atom. The van der Waals surface area contributed by atoms with E-state index in [9.17, 15) is 9.59 Å². The Labute approximate surface area is 125 Å². The predicted octanol–water partition coefficient (Wildman–Crippen LogP) is 1.35. The minimum atomic E-state index is -0.179. The van der Waals surface area contributed by atoms with Crippen LogP contribution in [0, 0.1) is 0 Å². The number of hydrogen-bond donors (Lipinski definition) is 4. The van der Waals surface area contributed by atoms with Crippen LogP contribution in [-0.4, -0.2) is 31.4 Å². The van der Waals surface area contributed by atoms with Gasteiger partial charge < -0.3 is 21.7 Å². The van der Waals surface area contributed by atoms with Crippen LogP contribution in [0.15, 0.2) is 18.2 Å². The number of nitrogens with one attached hydrogen (secondary N) is 3. The molecule has 0 radical (unpaired) electrons. The average molecular weight is 292 g/mol. The highest BCUT2D eigenvalue weighted by atomic mass is 16.2. The summed E-state index contributed by atoms with van der Waals surface area (Å²) in [5.41, 5.74) is 7.61. The van der Waals surface area contributed by atoms with Crippen LogP contribution in [0.4, 0.5) is 11.4 Å². The van der Waals surface area contributed by atoms with E-state index in [0.29, 0.717) is 24.2 Å². The Balaban J connectivity index is 2.49. The maximum atomic E-state index is 11.6. The van der Waals surface area contributed by atoms with E-state index in [2.05, 4.69) is 16.0 Å². The van der Waals surface area contributed by atoms with Crippen molar-refractivity contribution in [2.45, 2.75) is 32.7 Å². The van der Waals surface area contributed by atoms with Gasteiger partial charge in [-0.3, -0.25) is 9.59 Å². The van der Waals surface area contributed by atoms with Gasteiger partial charge in [0, 0.05) is 31.6 Å². The molecule has 0 saturated carbocycles. The van der Waals surface area contributed by atoms with Crippen molar-refractivity contribution in [3.8, 4) is 0 Å². The second-order valence-electron chi connectivity index (χ2n) is 4.93. The van der Waals surface area contributed by atoms with Crippen molar-refractivity contribution in [2.75, 3.05) is 24.6 Å². The van der Waals surface area contributed by atoms with Crippen molar-refractivity contribution in [2.24, 2.45) is 0 Å². The molecule has 1 aromatic carbocycles. The molecule has 21 heavy (non-hydrogen) atoms. The number of amides is 2. The zero-order chi connectivity index (χ0) is 15.8. The molecule has 6 nitrogen and oxygen atoms in total. The lowest BCUT2D eigenvalue weighted by atomic mass is 10.1. The average Bonchev–Trinajstić information content (AvgIpc) is 2.47. The molecule has 1 rings (SSSR count). The Morgan fingerprint density at radius 3 is 2.62 bits per heavy atom. The lowest BCUT2D eigenvalue weighted by Crippen LogP contribution is -2.33. The van der Waals surface area contributed by atoms with Crippen LogP contribution in [0.2, 0.25) is 0 Å². The van der Waals surface area contributed by atoms with E-state index in [4.69, 9.17) is 5.73 Å². The summed E-state index contributed by atoms with van der Waals surface area (Å²) in [7, 11) is 1.57. The van der Waals surface area contributed by atoms with E-state index >= 15 is 0 Å². The Morgan fingerprint density at radius 1 is 1.33 bits per heavy atom. The summed E-state index contributed by atoms with van der Waals surface area (Å²) < 4.78 is 0. The van der Waals surface area contributed by atoms with Gasteiger partial charge in [0.2, 0.25) is 5.91 Å². The zero-order valence-corrected chi connectivity index (χ0v) is 12.8. The fourth-order valence-electron chi connectivity index (χ4n) is 1.77. The standard InChI is InChI=1S/C15H24N4O2/c1-4-10(2)19-14(20)7-8-18-13-6-5-11(9-12(13)16)15(21)17-3/h5-6,9-10,18H,4,7-8,16H2,1-3H3,(H,17,21)(H,19,20). The molecule has 0 heterocycles. The van der Waals surface area contributed by atoms with Gasteiger partial charge in [0.05, 0.1) is 11.4 Å². The highest BCUT2D eigenvalue weighted by Crippen LogP contribution is 2.19. The number of carbonyl (C=O) groups is 2. The zero-order valence-electron chi connectivity index (χ0n) is 12.8. The molecule has 0 aliphatic rings. The van der Waals surface area contributed by atoms with Gasteiger partial charge in [-0.15, -0.1) is 0 Å². The highest BCUT2D eigenvalue weighted by molar-refractivity contribution is 5.95. The quantitative estimate of drug-likeness (QED) is 0.570. The molecule has 0 bridgehead atoms. The minimum absolute atomic E-state index is 0.0115. The fraction of sp³-hybridized carbons (Fsp3) is 0.467. The van der Waals surface area contributed by atoms with Crippen LogP contribution in [0.3, 0.4) is 0 Å². The van der Waals surface area contributed by atoms with Crippen LogP contribution < -0.4 is 21.7 Å². The monoisotopic (exact) mass is 292 g/mol. The molecule has 116 valence electrons. The predicted molar refractivity (Wildman–Crippen MR) is 85.2 cm³/mol. The van der Waals surface area contributed by atoms with Gasteiger partial charge in [-0.05, 0) is 31.5 Å². The van der Waals surface area contributed by atoms with E-state index in [-0.39, 0.29) is 17.9 Å². The maximum absolute atomic E-state index is 11.6. The van der Waals surface area contributed by atoms with Crippen LogP contribution >= 0.6 is 0 Å². The molecular formula is C15H24N4O2. The molecule has 5 N–H and O–H groups in total. The lowest BCUT2D eigenvalue weighted by molar-refractivity contribution is -0.121. The van der Waals surface area contributed by atoms with Crippen molar-refractivity contribution in [3.05, 3.63) is 23.8 Å². The fourth-order valence-corrected chi connectivity index (χ4v) is 1.77. The summed E-state index contributed by atoms with van der Waals surface area (Å²) in [5.74, 6) is -0.168. The number of hydrogen-bond acceptors (Lipinski definition) is 4. The van der Waals surface area contributed by atoms with Crippen molar-refractivity contribution in [1.82, 2.24) is 10.6 Å². The molecule has 0 fully saturated rings. The Hall–Kier alpha value is -2.24. The van der Waals surface area contributed by atoms with Crippen LogP contribution in [0.1, 0.15) is 37.0 Å². The number of carbonyl (C=O) groups excluding carboxylic acids is 2. The highest BCUT2D eigenvalue weighted by Gasteiger charge is 2.08. The SMILES string of the molecule is CCC(C)NC(=O)CCNc1ccc(C(=O)NC)cc1N. The Bertz CT molecular complexity index is 502. The number of anilines is 2. The number of nitrogens with two attached hydrogens (primary N) is 1. The molecule has 0 aliphatic heterocycles. The van der Waals surface area contributed by atoms with Crippen LogP contribution in [0.5, 0.6) is 0 Å². The molecule has 1 atom stereocenters. The first kappa shape index (κ1) is 16.8. The van der Waals surface area contributed by atoms with Gasteiger partial charge in [0.25, 0.3) is 5.91 Å². The van der Waals surface area contributed by atoms with Gasteiger partial charge in [0.15, 0.2) is 0 Å². The first-order chi connectivity index (χ1) is 9.97. The van der Waals surface area contributed by atoms with Crippen molar-refractivity contribution >= 4 is 23.2 Å². The smallest absolute Gasteiger partial charge is 0.251 e. The summed E-state index contributed by atoms with van der Waals surface area (Å²) in [5, 5.41) is 8.54. The van der Waals surface area contributed by atoms with Gasteiger partial charge in [-0.2, -0.15) is 0 Å². The number of benzene rings is 1. The van der Waals surface area contributed by atoms with Gasteiger partial charge in [-0.1, -0.05) is 6.92 Å². The third-order valence-corrected chi connectivity index (χ3v) is 3.23. The molecule has 0 spiro atoms. The summed E-state index contributed by atoms with van der Waals surface area (Å²) in [6.45, 7) is 4.49. The van der Waals surface area contributed by atoms with Crippen LogP contribution in [-0.2, 0) is 4.79 Å². The first-order valence-electron chi connectivity index (χ1n) is 7.12.